The van der Waals surface area contributed by atoms with Gasteiger partial charge in [-0.3, -0.25) is 0 Å². The molecule has 0 aliphatic rings. The lowest BCUT2D eigenvalue weighted by atomic mass is 10.0. The van der Waals surface area contributed by atoms with Gasteiger partial charge in [-0.05, 0) is 57.5 Å². The molecule has 0 unspecified atom stereocenters. The van der Waals surface area contributed by atoms with Crippen molar-refractivity contribution in [3.63, 3.8) is 0 Å². The van der Waals surface area contributed by atoms with Gasteiger partial charge in [-0.1, -0.05) is 28.1 Å². The molecule has 0 bridgehead atoms. The van der Waals surface area contributed by atoms with Gasteiger partial charge in [0.2, 0.25) is 0 Å². The van der Waals surface area contributed by atoms with Crippen molar-refractivity contribution in [2.24, 2.45) is 5.73 Å². The van der Waals surface area contributed by atoms with Crippen LogP contribution in [0.4, 0.5) is 0 Å². The van der Waals surface area contributed by atoms with E-state index >= 15 is 0 Å². The van der Waals surface area contributed by atoms with Crippen molar-refractivity contribution in [2.45, 2.75) is 32.2 Å². The summed E-state index contributed by atoms with van der Waals surface area (Å²) in [5.74, 6) is 0. The molecule has 3 heteroatoms. The Labute approximate surface area is 107 Å². The number of benzene rings is 1. The SMILES string of the molecule is CC(C)(CCN)NCCc1cccc(Br)c1. The summed E-state index contributed by atoms with van der Waals surface area (Å²) in [5, 5.41) is 3.53. The molecule has 0 atom stereocenters. The minimum absolute atomic E-state index is 0.140. The predicted octanol–water partition coefficient (Wildman–Crippen LogP) is 2.71. The Morgan fingerprint density at radius 3 is 2.75 bits per heavy atom. The van der Waals surface area contributed by atoms with Gasteiger partial charge >= 0.3 is 0 Å². The second-order valence-corrected chi connectivity index (χ2v) is 5.64. The van der Waals surface area contributed by atoms with E-state index in [9.17, 15) is 0 Å². The summed E-state index contributed by atoms with van der Waals surface area (Å²) in [6.45, 7) is 6.11. The maximum absolute atomic E-state index is 5.57. The minimum atomic E-state index is 0.140. The number of nitrogens with two attached hydrogens (primary N) is 1. The topological polar surface area (TPSA) is 38.0 Å². The Hall–Kier alpha value is -0.380. The molecule has 0 saturated carbocycles. The highest BCUT2D eigenvalue weighted by molar-refractivity contribution is 9.10. The van der Waals surface area contributed by atoms with E-state index in [1.54, 1.807) is 0 Å². The number of hydrogen-bond acceptors (Lipinski definition) is 2. The largest absolute Gasteiger partial charge is 0.330 e. The summed E-state index contributed by atoms with van der Waals surface area (Å²) in [5.41, 5.74) is 7.06. The van der Waals surface area contributed by atoms with Gasteiger partial charge in [-0.2, -0.15) is 0 Å². The second-order valence-electron chi connectivity index (χ2n) is 4.73. The molecule has 16 heavy (non-hydrogen) atoms. The fourth-order valence-corrected chi connectivity index (χ4v) is 2.13. The first-order valence-corrected chi connectivity index (χ1v) is 6.52. The smallest absolute Gasteiger partial charge is 0.0178 e. The fourth-order valence-electron chi connectivity index (χ4n) is 1.69. The van der Waals surface area contributed by atoms with E-state index in [0.29, 0.717) is 0 Å². The van der Waals surface area contributed by atoms with Crippen LogP contribution in [0.2, 0.25) is 0 Å². The van der Waals surface area contributed by atoms with Crippen LogP contribution in [0.5, 0.6) is 0 Å². The summed E-state index contributed by atoms with van der Waals surface area (Å²) in [7, 11) is 0. The average Bonchev–Trinajstić information content (AvgIpc) is 2.17. The van der Waals surface area contributed by atoms with Crippen LogP contribution in [0.1, 0.15) is 25.8 Å². The maximum atomic E-state index is 5.57. The van der Waals surface area contributed by atoms with Crippen LogP contribution in [0, 0.1) is 0 Å². The molecule has 0 spiro atoms. The molecule has 90 valence electrons. The number of nitrogens with one attached hydrogen (secondary N) is 1. The van der Waals surface area contributed by atoms with Crippen molar-refractivity contribution < 1.29 is 0 Å². The third kappa shape index (κ3) is 5.10. The van der Waals surface area contributed by atoms with Crippen LogP contribution < -0.4 is 11.1 Å². The van der Waals surface area contributed by atoms with Gasteiger partial charge in [-0.15, -0.1) is 0 Å². The van der Waals surface area contributed by atoms with E-state index in [1.807, 2.05) is 0 Å². The average molecular weight is 285 g/mol. The van der Waals surface area contributed by atoms with E-state index in [2.05, 4.69) is 59.4 Å². The van der Waals surface area contributed by atoms with Gasteiger partial charge in [0.15, 0.2) is 0 Å². The summed E-state index contributed by atoms with van der Waals surface area (Å²) in [6.07, 6.45) is 2.05. The summed E-state index contributed by atoms with van der Waals surface area (Å²) >= 11 is 3.48. The molecule has 0 aromatic heterocycles. The van der Waals surface area contributed by atoms with Crippen LogP contribution in [0.15, 0.2) is 28.7 Å². The van der Waals surface area contributed by atoms with Gasteiger partial charge in [0.25, 0.3) is 0 Å². The number of hydrogen-bond donors (Lipinski definition) is 2. The molecule has 0 aliphatic heterocycles. The predicted molar refractivity (Wildman–Crippen MR) is 73.6 cm³/mol. The summed E-state index contributed by atoms with van der Waals surface area (Å²) < 4.78 is 1.14. The molecule has 0 amide bonds. The molecule has 1 aromatic rings. The number of rotatable bonds is 6. The third-order valence-electron chi connectivity index (χ3n) is 2.68. The van der Waals surface area contributed by atoms with Crippen molar-refractivity contribution >= 4 is 15.9 Å². The second kappa shape index (κ2) is 6.38. The van der Waals surface area contributed by atoms with Crippen molar-refractivity contribution in [3.8, 4) is 0 Å². The Morgan fingerprint density at radius 2 is 2.12 bits per heavy atom. The number of halogens is 1. The van der Waals surface area contributed by atoms with E-state index in [0.717, 1.165) is 30.4 Å². The Balaban J connectivity index is 2.35. The normalized spacial score (nSPS) is 11.8. The molecular weight excluding hydrogens is 264 g/mol. The van der Waals surface area contributed by atoms with Crippen LogP contribution in [-0.4, -0.2) is 18.6 Å². The molecule has 0 aliphatic carbocycles. The summed E-state index contributed by atoms with van der Waals surface area (Å²) in [4.78, 5) is 0. The van der Waals surface area contributed by atoms with Gasteiger partial charge in [0.1, 0.15) is 0 Å². The van der Waals surface area contributed by atoms with E-state index in [1.165, 1.54) is 5.56 Å². The lowest BCUT2D eigenvalue weighted by molar-refractivity contribution is 0.370. The first-order valence-electron chi connectivity index (χ1n) is 5.73. The van der Waals surface area contributed by atoms with Crippen molar-refractivity contribution in [1.29, 1.82) is 0 Å². The van der Waals surface area contributed by atoms with E-state index < -0.39 is 0 Å². The molecule has 0 fully saturated rings. The third-order valence-corrected chi connectivity index (χ3v) is 3.17. The zero-order chi connectivity index (χ0) is 12.0. The van der Waals surface area contributed by atoms with Gasteiger partial charge < -0.3 is 11.1 Å². The molecule has 2 nitrogen and oxygen atoms in total. The van der Waals surface area contributed by atoms with Crippen LogP contribution >= 0.6 is 15.9 Å². The lowest BCUT2D eigenvalue weighted by Gasteiger charge is -2.25. The van der Waals surface area contributed by atoms with Crippen LogP contribution in [0.25, 0.3) is 0 Å². The zero-order valence-corrected chi connectivity index (χ0v) is 11.7. The van der Waals surface area contributed by atoms with Crippen LogP contribution in [0.3, 0.4) is 0 Å². The first-order chi connectivity index (χ1) is 7.53. The monoisotopic (exact) mass is 284 g/mol. The van der Waals surface area contributed by atoms with Crippen molar-refractivity contribution in [3.05, 3.63) is 34.3 Å². The molecular formula is C13H21BrN2. The van der Waals surface area contributed by atoms with Crippen molar-refractivity contribution in [2.75, 3.05) is 13.1 Å². The maximum Gasteiger partial charge on any atom is 0.0178 e. The van der Waals surface area contributed by atoms with Crippen molar-refractivity contribution in [1.82, 2.24) is 5.32 Å². The van der Waals surface area contributed by atoms with Crippen LogP contribution in [-0.2, 0) is 6.42 Å². The highest BCUT2D eigenvalue weighted by Crippen LogP contribution is 2.12. The Kier molecular flexibility index (Phi) is 5.46. The fraction of sp³-hybridized carbons (Fsp3) is 0.538. The van der Waals surface area contributed by atoms with E-state index in [-0.39, 0.29) is 5.54 Å². The molecule has 1 aromatic carbocycles. The highest BCUT2D eigenvalue weighted by atomic mass is 79.9. The Bertz CT molecular complexity index is 323. The van der Waals surface area contributed by atoms with Gasteiger partial charge in [-0.25, -0.2) is 0 Å². The quantitative estimate of drug-likeness (QED) is 0.843. The highest BCUT2D eigenvalue weighted by Gasteiger charge is 2.14. The zero-order valence-electron chi connectivity index (χ0n) is 10.1. The molecule has 1 rings (SSSR count). The standard InChI is InChI=1S/C13H21BrN2/c1-13(2,7-8-15)16-9-6-11-4-3-5-12(14)10-11/h3-5,10,16H,6-9,15H2,1-2H3. The molecule has 0 radical (unpaired) electrons. The molecule has 0 saturated heterocycles. The summed E-state index contributed by atoms with van der Waals surface area (Å²) in [6, 6.07) is 8.44. The van der Waals surface area contributed by atoms with E-state index in [4.69, 9.17) is 5.73 Å². The first kappa shape index (κ1) is 13.7. The van der Waals surface area contributed by atoms with Gasteiger partial charge in [0.05, 0.1) is 0 Å². The molecule has 3 N–H and O–H groups in total. The minimum Gasteiger partial charge on any atom is -0.330 e. The Morgan fingerprint density at radius 1 is 1.38 bits per heavy atom. The van der Waals surface area contributed by atoms with Gasteiger partial charge in [0, 0.05) is 10.0 Å². The molecule has 0 heterocycles. The lowest BCUT2D eigenvalue weighted by Crippen LogP contribution is -2.41.